The number of hydrogen-bond donors (Lipinski definition) is 2. The molecule has 1 spiro atoms. The molecule has 2 amide bonds. The third-order valence-electron chi connectivity index (χ3n) is 7.54. The third-order valence-corrected chi connectivity index (χ3v) is 7.54. The SMILES string of the molecule is O=C(NC1CN(C(=O)c2cn3c(n2)CCC3)CC12CCOCC2)c1cc2c(F)ccc(F)c2[nH]1. The Balaban J connectivity index is 1.25. The van der Waals surface area contributed by atoms with Gasteiger partial charge in [0.1, 0.15) is 28.8 Å². The van der Waals surface area contributed by atoms with Crippen LogP contribution in [0.4, 0.5) is 8.78 Å². The van der Waals surface area contributed by atoms with Crippen LogP contribution in [0.5, 0.6) is 0 Å². The number of amides is 2. The van der Waals surface area contributed by atoms with Gasteiger partial charge in [-0.05, 0) is 37.5 Å². The normalized spacial score (nSPS) is 21.4. The summed E-state index contributed by atoms with van der Waals surface area (Å²) in [5, 5.41) is 3.07. The van der Waals surface area contributed by atoms with Gasteiger partial charge in [-0.15, -0.1) is 0 Å². The smallest absolute Gasteiger partial charge is 0.274 e. The molecule has 6 rings (SSSR count). The Morgan fingerprint density at radius 3 is 2.76 bits per heavy atom. The van der Waals surface area contributed by atoms with E-state index in [4.69, 9.17) is 4.74 Å². The second-order valence-electron chi connectivity index (χ2n) is 9.53. The van der Waals surface area contributed by atoms with Crippen molar-refractivity contribution in [3.05, 3.63) is 53.2 Å². The summed E-state index contributed by atoms with van der Waals surface area (Å²) in [6.07, 6.45) is 5.15. The molecule has 1 unspecified atom stereocenters. The lowest BCUT2D eigenvalue weighted by atomic mass is 9.76. The Labute approximate surface area is 194 Å². The summed E-state index contributed by atoms with van der Waals surface area (Å²) in [6, 6.07) is 3.07. The molecular weight excluding hydrogens is 444 g/mol. The highest BCUT2D eigenvalue weighted by Gasteiger charge is 2.49. The van der Waals surface area contributed by atoms with E-state index in [-0.39, 0.29) is 34.0 Å². The number of ether oxygens (including phenoxy) is 1. The lowest BCUT2D eigenvalue weighted by molar-refractivity contribution is 0.00831. The minimum atomic E-state index is -0.624. The molecule has 2 aromatic heterocycles. The van der Waals surface area contributed by atoms with Gasteiger partial charge in [-0.25, -0.2) is 13.8 Å². The maximum atomic E-state index is 14.1. The van der Waals surface area contributed by atoms with Crippen LogP contribution in [0.25, 0.3) is 10.9 Å². The summed E-state index contributed by atoms with van der Waals surface area (Å²) < 4.78 is 35.8. The molecule has 0 bridgehead atoms. The first kappa shape index (κ1) is 21.3. The monoisotopic (exact) mass is 469 g/mol. The van der Waals surface area contributed by atoms with Gasteiger partial charge in [-0.1, -0.05) is 0 Å². The number of imidazole rings is 1. The van der Waals surface area contributed by atoms with E-state index in [1.165, 1.54) is 6.07 Å². The van der Waals surface area contributed by atoms with Crippen molar-refractivity contribution in [3.63, 3.8) is 0 Å². The number of likely N-dealkylation sites (tertiary alicyclic amines) is 1. The van der Waals surface area contributed by atoms with E-state index >= 15 is 0 Å². The quantitative estimate of drug-likeness (QED) is 0.617. The highest BCUT2D eigenvalue weighted by atomic mass is 19.1. The van der Waals surface area contributed by atoms with E-state index in [0.717, 1.165) is 37.3 Å². The van der Waals surface area contributed by atoms with Gasteiger partial charge in [0.15, 0.2) is 0 Å². The number of carbonyl (C=O) groups is 2. The van der Waals surface area contributed by atoms with Crippen molar-refractivity contribution in [2.75, 3.05) is 26.3 Å². The minimum Gasteiger partial charge on any atom is -0.381 e. The minimum absolute atomic E-state index is 0.0296. The van der Waals surface area contributed by atoms with E-state index in [1.807, 2.05) is 10.8 Å². The van der Waals surface area contributed by atoms with Crippen LogP contribution in [-0.2, 0) is 17.7 Å². The predicted molar refractivity (Wildman–Crippen MR) is 118 cm³/mol. The average molecular weight is 469 g/mol. The lowest BCUT2D eigenvalue weighted by Crippen LogP contribution is -2.49. The van der Waals surface area contributed by atoms with Gasteiger partial charge in [0, 0.05) is 56.3 Å². The van der Waals surface area contributed by atoms with Crippen molar-refractivity contribution < 1.29 is 23.1 Å². The van der Waals surface area contributed by atoms with Crippen LogP contribution < -0.4 is 5.32 Å². The second-order valence-corrected chi connectivity index (χ2v) is 9.53. The van der Waals surface area contributed by atoms with E-state index in [0.29, 0.717) is 44.8 Å². The lowest BCUT2D eigenvalue weighted by Gasteiger charge is -2.37. The van der Waals surface area contributed by atoms with Crippen molar-refractivity contribution in [1.29, 1.82) is 0 Å². The molecule has 34 heavy (non-hydrogen) atoms. The summed E-state index contributed by atoms with van der Waals surface area (Å²) in [7, 11) is 0. The summed E-state index contributed by atoms with van der Waals surface area (Å²) in [4.78, 5) is 35.4. The highest BCUT2D eigenvalue weighted by molar-refractivity contribution is 5.98. The summed E-state index contributed by atoms with van der Waals surface area (Å²) >= 11 is 0. The molecule has 3 aromatic rings. The van der Waals surface area contributed by atoms with E-state index in [9.17, 15) is 18.4 Å². The number of aromatic nitrogens is 3. The molecule has 3 aliphatic rings. The number of nitrogens with zero attached hydrogens (tertiary/aromatic N) is 3. The third kappa shape index (κ3) is 3.39. The number of rotatable bonds is 3. The Hall–Kier alpha value is -3.27. The Morgan fingerprint density at radius 2 is 2.00 bits per heavy atom. The second kappa shape index (κ2) is 7.90. The van der Waals surface area contributed by atoms with Crippen LogP contribution in [0, 0.1) is 17.0 Å². The molecule has 0 saturated carbocycles. The van der Waals surface area contributed by atoms with Crippen molar-refractivity contribution in [3.8, 4) is 0 Å². The maximum Gasteiger partial charge on any atom is 0.274 e. The molecule has 0 aliphatic carbocycles. The van der Waals surface area contributed by atoms with Gasteiger partial charge in [0.25, 0.3) is 11.8 Å². The first-order valence-electron chi connectivity index (χ1n) is 11.6. The molecule has 0 radical (unpaired) electrons. The molecular formula is C24H25F2N5O3. The van der Waals surface area contributed by atoms with Gasteiger partial charge >= 0.3 is 0 Å². The van der Waals surface area contributed by atoms with Crippen molar-refractivity contribution >= 4 is 22.7 Å². The molecule has 8 nitrogen and oxygen atoms in total. The van der Waals surface area contributed by atoms with E-state index in [1.54, 1.807) is 4.90 Å². The molecule has 5 heterocycles. The Bertz CT molecular complexity index is 1230. The zero-order valence-corrected chi connectivity index (χ0v) is 18.6. The number of halogens is 2. The molecule has 2 fully saturated rings. The molecule has 1 atom stereocenters. The molecule has 1 aromatic carbocycles. The van der Waals surface area contributed by atoms with Crippen molar-refractivity contribution in [2.24, 2.45) is 5.41 Å². The van der Waals surface area contributed by atoms with Gasteiger partial charge in [0.2, 0.25) is 0 Å². The van der Waals surface area contributed by atoms with Crippen LogP contribution in [0.3, 0.4) is 0 Å². The van der Waals surface area contributed by atoms with Crippen molar-refractivity contribution in [2.45, 2.75) is 38.3 Å². The zero-order chi connectivity index (χ0) is 23.4. The zero-order valence-electron chi connectivity index (χ0n) is 18.6. The predicted octanol–water partition coefficient (Wildman–Crippen LogP) is 2.64. The number of benzene rings is 1. The fourth-order valence-electron chi connectivity index (χ4n) is 5.64. The van der Waals surface area contributed by atoms with Gasteiger partial charge in [0.05, 0.1) is 11.6 Å². The fraction of sp³-hybridized carbons (Fsp3) is 0.458. The number of nitrogens with one attached hydrogen (secondary N) is 2. The first-order chi connectivity index (χ1) is 16.4. The summed E-state index contributed by atoms with van der Waals surface area (Å²) in [5.41, 5.74) is 0.151. The number of fused-ring (bicyclic) bond motifs is 2. The molecule has 2 saturated heterocycles. The van der Waals surface area contributed by atoms with Gasteiger partial charge < -0.3 is 24.5 Å². The average Bonchev–Trinajstić information content (AvgIpc) is 3.60. The Morgan fingerprint density at radius 1 is 1.21 bits per heavy atom. The van der Waals surface area contributed by atoms with Gasteiger partial charge in [-0.3, -0.25) is 9.59 Å². The Kier molecular flexibility index (Phi) is 4.94. The number of hydrogen-bond acceptors (Lipinski definition) is 4. The van der Waals surface area contributed by atoms with Crippen LogP contribution in [0.1, 0.15) is 46.1 Å². The van der Waals surface area contributed by atoms with Crippen LogP contribution in [-0.4, -0.2) is 63.6 Å². The van der Waals surface area contributed by atoms with Crippen LogP contribution in [0.2, 0.25) is 0 Å². The van der Waals surface area contributed by atoms with Gasteiger partial charge in [-0.2, -0.15) is 0 Å². The van der Waals surface area contributed by atoms with E-state index in [2.05, 4.69) is 15.3 Å². The topological polar surface area (TPSA) is 92.2 Å². The molecule has 178 valence electrons. The van der Waals surface area contributed by atoms with Crippen LogP contribution in [0.15, 0.2) is 24.4 Å². The van der Waals surface area contributed by atoms with Crippen LogP contribution >= 0.6 is 0 Å². The molecule has 2 N–H and O–H groups in total. The standard InChI is InChI=1S/C24H25F2N5O3/c25-15-3-4-16(26)21-14(15)10-17(28-21)22(32)29-19-12-31(13-24(19)5-8-34-9-6-24)23(33)18-11-30-7-1-2-20(30)27-18/h3-4,10-11,19,28H,1-2,5-9,12-13H2,(H,29,32). The largest absolute Gasteiger partial charge is 0.381 e. The summed E-state index contributed by atoms with van der Waals surface area (Å²) in [5.74, 6) is -0.884. The maximum absolute atomic E-state index is 14.1. The number of aryl methyl sites for hydroxylation is 2. The number of aromatic amines is 1. The first-order valence-corrected chi connectivity index (χ1v) is 11.6. The highest BCUT2D eigenvalue weighted by Crippen LogP contribution is 2.41. The van der Waals surface area contributed by atoms with E-state index < -0.39 is 17.5 Å². The number of H-pyrrole nitrogens is 1. The number of carbonyl (C=O) groups excluding carboxylic acids is 2. The summed E-state index contributed by atoms with van der Waals surface area (Å²) in [6.45, 7) is 2.82. The molecule has 10 heteroatoms. The molecule has 3 aliphatic heterocycles. The van der Waals surface area contributed by atoms with Crippen molar-refractivity contribution in [1.82, 2.24) is 24.8 Å². The fourth-order valence-corrected chi connectivity index (χ4v) is 5.64.